The van der Waals surface area contributed by atoms with Crippen LogP contribution >= 0.6 is 0 Å². The summed E-state index contributed by atoms with van der Waals surface area (Å²) in [6.07, 6.45) is 3.70. The molecule has 0 spiro atoms. The van der Waals surface area contributed by atoms with Gasteiger partial charge >= 0.3 is 0 Å². The van der Waals surface area contributed by atoms with Crippen molar-refractivity contribution in [3.63, 3.8) is 0 Å². The molecule has 0 bridgehead atoms. The fourth-order valence-corrected chi connectivity index (χ4v) is 3.31. The standard InChI is InChI=1S/C17H23NO.2C5H5.2Fe/c18-13-7-1-2-12-16(19)17(14-8-3-4-9-14)15-10-5-6-11-15;2*1-2-4-5-3-1;;/h3-6,8-11,16-17,19H,1-2,7,12-13,18H2;2*1-5H;;/q-2;-5;-1;;. The van der Waals surface area contributed by atoms with Crippen LogP contribution in [-0.4, -0.2) is 17.8 Å². The van der Waals surface area contributed by atoms with Crippen molar-refractivity contribution in [3.8, 4) is 0 Å². The van der Waals surface area contributed by atoms with Crippen LogP contribution in [0.2, 0.25) is 0 Å². The molecule has 0 aliphatic rings. The number of hydrogen-bond donors (Lipinski definition) is 2. The van der Waals surface area contributed by atoms with Crippen LogP contribution in [0.15, 0.2) is 109 Å². The fraction of sp³-hybridized carbons (Fsp3) is 0.259. The summed E-state index contributed by atoms with van der Waals surface area (Å²) in [7, 11) is 0. The number of aliphatic hydroxyl groups excluding tert-OH is 1. The number of unbranched alkanes of at least 4 members (excludes halogenated alkanes) is 2. The van der Waals surface area contributed by atoms with Gasteiger partial charge in [-0.2, -0.15) is 53.6 Å². The molecule has 4 rings (SSSR count). The maximum Gasteiger partial charge on any atom is 0.0441 e. The summed E-state index contributed by atoms with van der Waals surface area (Å²) in [6, 6.07) is 36.5. The van der Waals surface area contributed by atoms with Gasteiger partial charge in [-0.1, -0.05) is 18.8 Å². The molecule has 0 amide bonds. The van der Waals surface area contributed by atoms with E-state index in [1.54, 1.807) is 0 Å². The summed E-state index contributed by atoms with van der Waals surface area (Å²) in [6.45, 7) is 0.741. The maximum absolute atomic E-state index is 10.5. The first kappa shape index (κ1) is 29.4. The van der Waals surface area contributed by atoms with Crippen LogP contribution in [-0.2, 0) is 34.1 Å². The van der Waals surface area contributed by atoms with E-state index in [9.17, 15) is 5.11 Å². The molecule has 0 aliphatic carbocycles. The molecule has 0 fully saturated rings. The van der Waals surface area contributed by atoms with Gasteiger partial charge in [0, 0.05) is 40.2 Å². The SMILES string of the molecule is NCCCCCC(O)C([c-]1cccc1)[c-]1cccc1.[Fe].[Fe].[cH-]1[cH-][cH-][cH-][cH-]1.c1cc[cH-]c1. The Bertz CT molecular complexity index is 680. The average molecular weight is 499 g/mol. The van der Waals surface area contributed by atoms with Crippen LogP contribution in [0.5, 0.6) is 0 Å². The number of rotatable bonds is 8. The van der Waals surface area contributed by atoms with Crippen molar-refractivity contribution < 1.29 is 39.2 Å². The minimum absolute atomic E-state index is 0. The summed E-state index contributed by atoms with van der Waals surface area (Å²) < 4.78 is 0. The molecule has 0 saturated carbocycles. The molecule has 0 saturated heterocycles. The smallest absolute Gasteiger partial charge is 0.0441 e. The molecule has 4 aromatic rings. The molecule has 0 radical (unpaired) electrons. The zero-order valence-corrected chi connectivity index (χ0v) is 20.0. The second-order valence-electron chi connectivity index (χ2n) is 7.04. The van der Waals surface area contributed by atoms with Gasteiger partial charge in [0.15, 0.2) is 0 Å². The van der Waals surface area contributed by atoms with Crippen molar-refractivity contribution in [1.82, 2.24) is 0 Å². The van der Waals surface area contributed by atoms with E-state index >= 15 is 0 Å². The predicted octanol–water partition coefficient (Wildman–Crippen LogP) is 5.94. The van der Waals surface area contributed by atoms with Crippen molar-refractivity contribution in [2.45, 2.75) is 37.7 Å². The molecule has 4 heteroatoms. The largest absolute Gasteiger partial charge is 0.748 e. The molecule has 4 aromatic carbocycles. The minimum atomic E-state index is -0.317. The summed E-state index contributed by atoms with van der Waals surface area (Å²) in [4.78, 5) is 0. The van der Waals surface area contributed by atoms with E-state index in [0.717, 1.165) is 32.2 Å². The first-order valence-electron chi connectivity index (χ1n) is 10.5. The Hall–Kier alpha value is -1.64. The Morgan fingerprint density at radius 3 is 1.48 bits per heavy atom. The fourth-order valence-electron chi connectivity index (χ4n) is 3.31. The van der Waals surface area contributed by atoms with Crippen molar-refractivity contribution in [1.29, 1.82) is 0 Å². The third kappa shape index (κ3) is 12.1. The van der Waals surface area contributed by atoms with Gasteiger partial charge < -0.3 is 41.2 Å². The van der Waals surface area contributed by atoms with Crippen LogP contribution in [0.25, 0.3) is 0 Å². The van der Waals surface area contributed by atoms with Crippen molar-refractivity contribution in [2.24, 2.45) is 5.73 Å². The number of hydrogen-bond acceptors (Lipinski definition) is 2. The Morgan fingerprint density at radius 1 is 0.677 bits per heavy atom. The predicted molar refractivity (Wildman–Crippen MR) is 124 cm³/mol. The second-order valence-corrected chi connectivity index (χ2v) is 7.04. The summed E-state index contributed by atoms with van der Waals surface area (Å²) in [5, 5.41) is 10.5. The summed E-state index contributed by atoms with van der Waals surface area (Å²) >= 11 is 0. The monoisotopic (exact) mass is 499 g/mol. The van der Waals surface area contributed by atoms with E-state index in [-0.39, 0.29) is 46.2 Å². The molecule has 176 valence electrons. The number of aliphatic hydroxyl groups is 1. The van der Waals surface area contributed by atoms with Gasteiger partial charge in [-0.15, -0.1) is 0 Å². The Labute approximate surface area is 208 Å². The van der Waals surface area contributed by atoms with Crippen LogP contribution in [0.3, 0.4) is 0 Å². The van der Waals surface area contributed by atoms with Gasteiger partial charge in [0.1, 0.15) is 0 Å². The molecular weight excluding hydrogens is 466 g/mol. The maximum atomic E-state index is 10.5. The molecule has 1 atom stereocenters. The van der Waals surface area contributed by atoms with Crippen LogP contribution in [0, 0.1) is 0 Å². The van der Waals surface area contributed by atoms with E-state index in [4.69, 9.17) is 5.73 Å². The number of nitrogens with two attached hydrogens (primary N) is 1. The van der Waals surface area contributed by atoms with Crippen molar-refractivity contribution in [3.05, 3.63) is 120 Å². The van der Waals surface area contributed by atoms with E-state index < -0.39 is 0 Å². The zero-order valence-electron chi connectivity index (χ0n) is 17.8. The Kier molecular flexibility index (Phi) is 18.1. The molecule has 1 unspecified atom stereocenters. The van der Waals surface area contributed by atoms with Gasteiger partial charge in [-0.05, 0) is 19.4 Å². The molecule has 0 aromatic heterocycles. The Morgan fingerprint density at radius 2 is 1.13 bits per heavy atom. The van der Waals surface area contributed by atoms with Gasteiger partial charge in [-0.3, -0.25) is 0 Å². The van der Waals surface area contributed by atoms with Crippen molar-refractivity contribution in [2.75, 3.05) is 6.54 Å². The Balaban J connectivity index is 0.000000615. The molecule has 2 nitrogen and oxygen atoms in total. The molecule has 3 N–H and O–H groups in total. The van der Waals surface area contributed by atoms with Crippen LogP contribution in [0.4, 0.5) is 0 Å². The van der Waals surface area contributed by atoms with Gasteiger partial charge in [0.2, 0.25) is 0 Å². The normalized spacial score (nSPS) is 10.5. The second kappa shape index (κ2) is 19.1. The average Bonchev–Trinajstić information content (AvgIpc) is 3.56. The zero-order chi connectivity index (χ0) is 20.6. The van der Waals surface area contributed by atoms with Crippen LogP contribution in [0.1, 0.15) is 42.7 Å². The molecule has 31 heavy (non-hydrogen) atoms. The van der Waals surface area contributed by atoms with E-state index in [1.807, 2.05) is 84.9 Å². The first-order valence-corrected chi connectivity index (χ1v) is 10.5. The van der Waals surface area contributed by atoms with E-state index in [0.29, 0.717) is 0 Å². The molecular formula is C27H33Fe2NO-8. The van der Waals surface area contributed by atoms with Crippen molar-refractivity contribution >= 4 is 0 Å². The van der Waals surface area contributed by atoms with Gasteiger partial charge in [0.05, 0.1) is 0 Å². The summed E-state index contributed by atoms with van der Waals surface area (Å²) in [5.41, 5.74) is 7.91. The first-order chi connectivity index (χ1) is 14.3. The van der Waals surface area contributed by atoms with Crippen LogP contribution < -0.4 is 5.73 Å². The minimum Gasteiger partial charge on any atom is -0.748 e. The quantitative estimate of drug-likeness (QED) is 0.179. The molecule has 0 heterocycles. The molecule has 0 aliphatic heterocycles. The van der Waals surface area contributed by atoms with E-state index in [2.05, 4.69) is 24.3 Å². The third-order valence-corrected chi connectivity index (χ3v) is 4.80. The van der Waals surface area contributed by atoms with Gasteiger partial charge in [0.25, 0.3) is 0 Å². The third-order valence-electron chi connectivity index (χ3n) is 4.80. The topological polar surface area (TPSA) is 46.2 Å². The summed E-state index contributed by atoms with van der Waals surface area (Å²) in [5.74, 6) is 0.0999. The van der Waals surface area contributed by atoms with E-state index in [1.165, 1.54) is 11.1 Å². The van der Waals surface area contributed by atoms with Gasteiger partial charge in [-0.25, -0.2) is 36.4 Å².